The van der Waals surface area contributed by atoms with E-state index in [1.807, 2.05) is 0 Å². The van der Waals surface area contributed by atoms with Crippen LogP contribution in [0.15, 0.2) is 0 Å². The first-order chi connectivity index (χ1) is 9.50. The van der Waals surface area contributed by atoms with Gasteiger partial charge >= 0.3 is 0 Å². The van der Waals surface area contributed by atoms with E-state index in [1.165, 1.54) is 0 Å². The fourth-order valence-electron chi connectivity index (χ4n) is 3.57. The quantitative estimate of drug-likeness (QED) is 0.735. The number of aliphatic hydroxyl groups excluding tert-OH is 1. The molecule has 2 rings (SSSR count). The Kier molecular flexibility index (Phi) is 5.44. The van der Waals surface area contributed by atoms with Gasteiger partial charge in [-0.3, -0.25) is 4.79 Å². The number of aliphatic hydroxyl groups is 1. The molecular formula is C16H30N2O2. The van der Waals surface area contributed by atoms with Crippen LogP contribution in [0.2, 0.25) is 0 Å². The van der Waals surface area contributed by atoms with Crippen molar-refractivity contribution in [2.75, 3.05) is 19.6 Å². The second kappa shape index (κ2) is 6.90. The molecule has 0 spiro atoms. The fraction of sp³-hybridized carbons (Fsp3) is 0.938. The molecule has 2 aliphatic rings. The first-order valence-electron chi connectivity index (χ1n) is 8.17. The van der Waals surface area contributed by atoms with Crippen LogP contribution in [0, 0.1) is 17.3 Å². The molecule has 4 nitrogen and oxygen atoms in total. The van der Waals surface area contributed by atoms with Gasteiger partial charge in [0.05, 0.1) is 6.10 Å². The minimum atomic E-state index is -0.305. The van der Waals surface area contributed by atoms with Crippen molar-refractivity contribution in [1.29, 1.82) is 0 Å². The lowest BCUT2D eigenvalue weighted by atomic mass is 9.74. The summed E-state index contributed by atoms with van der Waals surface area (Å²) in [7, 11) is 0. The standard InChI is InChI=1S/C16H30N2O2/c1-16(2,13-6-4-8-17-11-13)15(20)18-10-12-5-3-7-14(19)9-12/h12-14,17,19H,3-11H2,1-2H3,(H,18,20). The Labute approximate surface area is 122 Å². The minimum Gasteiger partial charge on any atom is -0.393 e. The SMILES string of the molecule is CC(C)(C(=O)NCC1CCCC(O)C1)C1CCCNC1. The third-order valence-corrected chi connectivity index (χ3v) is 5.21. The molecule has 4 heteroatoms. The zero-order valence-electron chi connectivity index (χ0n) is 13.0. The summed E-state index contributed by atoms with van der Waals surface area (Å²) in [5.74, 6) is 1.04. The first kappa shape index (κ1) is 15.8. The van der Waals surface area contributed by atoms with Gasteiger partial charge in [0, 0.05) is 12.0 Å². The van der Waals surface area contributed by atoms with Crippen molar-refractivity contribution < 1.29 is 9.90 Å². The Morgan fingerprint density at radius 3 is 2.75 bits per heavy atom. The summed E-state index contributed by atoms with van der Waals surface area (Å²) in [6.07, 6.45) is 6.10. The Morgan fingerprint density at radius 2 is 2.10 bits per heavy atom. The number of hydrogen-bond donors (Lipinski definition) is 3. The number of hydrogen-bond acceptors (Lipinski definition) is 3. The molecule has 2 fully saturated rings. The van der Waals surface area contributed by atoms with Gasteiger partial charge in [0.25, 0.3) is 0 Å². The first-order valence-corrected chi connectivity index (χ1v) is 8.17. The summed E-state index contributed by atoms with van der Waals surface area (Å²) in [6.45, 7) is 6.88. The molecule has 1 amide bonds. The van der Waals surface area contributed by atoms with Gasteiger partial charge in [0.15, 0.2) is 0 Å². The van der Waals surface area contributed by atoms with Crippen molar-refractivity contribution in [3.63, 3.8) is 0 Å². The highest BCUT2D eigenvalue weighted by Crippen LogP contribution is 2.32. The van der Waals surface area contributed by atoms with Crippen LogP contribution in [0.5, 0.6) is 0 Å². The summed E-state index contributed by atoms with van der Waals surface area (Å²) in [5, 5.41) is 16.2. The summed E-state index contributed by atoms with van der Waals surface area (Å²) in [4.78, 5) is 12.5. The molecule has 20 heavy (non-hydrogen) atoms. The van der Waals surface area contributed by atoms with Crippen LogP contribution in [0.1, 0.15) is 52.4 Å². The van der Waals surface area contributed by atoms with Gasteiger partial charge in [-0.2, -0.15) is 0 Å². The zero-order chi connectivity index (χ0) is 14.6. The largest absolute Gasteiger partial charge is 0.393 e. The van der Waals surface area contributed by atoms with Crippen LogP contribution in [0.25, 0.3) is 0 Å². The molecule has 3 unspecified atom stereocenters. The number of carbonyl (C=O) groups is 1. The molecule has 116 valence electrons. The van der Waals surface area contributed by atoms with Crippen molar-refractivity contribution in [2.45, 2.75) is 58.5 Å². The summed E-state index contributed by atoms with van der Waals surface area (Å²) >= 11 is 0. The third kappa shape index (κ3) is 3.95. The molecule has 1 saturated carbocycles. The lowest BCUT2D eigenvalue weighted by molar-refractivity contribution is -0.132. The van der Waals surface area contributed by atoms with E-state index >= 15 is 0 Å². The number of amides is 1. The van der Waals surface area contributed by atoms with Crippen LogP contribution >= 0.6 is 0 Å². The van der Waals surface area contributed by atoms with E-state index in [0.29, 0.717) is 11.8 Å². The highest BCUT2D eigenvalue weighted by molar-refractivity contribution is 5.82. The normalized spacial score (nSPS) is 31.9. The number of nitrogens with one attached hydrogen (secondary N) is 2. The van der Waals surface area contributed by atoms with Crippen LogP contribution in [0.3, 0.4) is 0 Å². The van der Waals surface area contributed by atoms with Gasteiger partial charge in [-0.15, -0.1) is 0 Å². The van der Waals surface area contributed by atoms with Gasteiger partial charge in [0.2, 0.25) is 5.91 Å². The smallest absolute Gasteiger partial charge is 0.225 e. The number of piperidine rings is 1. The van der Waals surface area contributed by atoms with E-state index in [2.05, 4.69) is 24.5 Å². The van der Waals surface area contributed by atoms with Gasteiger partial charge in [-0.25, -0.2) is 0 Å². The predicted octanol–water partition coefficient (Wildman–Crippen LogP) is 1.68. The Balaban J connectivity index is 1.80. The Morgan fingerprint density at radius 1 is 1.30 bits per heavy atom. The molecule has 0 aromatic heterocycles. The highest BCUT2D eigenvalue weighted by atomic mass is 16.3. The molecule has 0 aromatic rings. The second-order valence-corrected chi connectivity index (χ2v) is 7.16. The van der Waals surface area contributed by atoms with Crippen LogP contribution in [-0.4, -0.2) is 36.8 Å². The monoisotopic (exact) mass is 282 g/mol. The molecule has 0 radical (unpaired) electrons. The van der Waals surface area contributed by atoms with Crippen molar-refractivity contribution in [2.24, 2.45) is 17.3 Å². The van der Waals surface area contributed by atoms with Gasteiger partial charge < -0.3 is 15.7 Å². The van der Waals surface area contributed by atoms with E-state index < -0.39 is 0 Å². The molecule has 0 aromatic carbocycles. The summed E-state index contributed by atoms with van der Waals surface area (Å²) in [6, 6.07) is 0. The van der Waals surface area contributed by atoms with Crippen LogP contribution in [-0.2, 0) is 4.79 Å². The topological polar surface area (TPSA) is 61.4 Å². The number of rotatable bonds is 4. The lowest BCUT2D eigenvalue weighted by Gasteiger charge is -2.36. The molecule has 0 bridgehead atoms. The summed E-state index contributed by atoms with van der Waals surface area (Å²) < 4.78 is 0. The second-order valence-electron chi connectivity index (χ2n) is 7.16. The van der Waals surface area contributed by atoms with Gasteiger partial charge in [-0.1, -0.05) is 20.3 Å². The van der Waals surface area contributed by atoms with E-state index in [9.17, 15) is 9.90 Å². The summed E-state index contributed by atoms with van der Waals surface area (Å²) in [5.41, 5.74) is -0.305. The minimum absolute atomic E-state index is 0.166. The molecule has 1 aliphatic heterocycles. The van der Waals surface area contributed by atoms with Crippen LogP contribution < -0.4 is 10.6 Å². The van der Waals surface area contributed by atoms with Gasteiger partial charge in [0.1, 0.15) is 0 Å². The Hall–Kier alpha value is -0.610. The predicted molar refractivity (Wildman–Crippen MR) is 80.3 cm³/mol. The average molecular weight is 282 g/mol. The number of carbonyl (C=O) groups excluding carboxylic acids is 1. The maximum Gasteiger partial charge on any atom is 0.225 e. The molecule has 3 N–H and O–H groups in total. The van der Waals surface area contributed by atoms with Crippen LogP contribution in [0.4, 0.5) is 0 Å². The fourth-order valence-corrected chi connectivity index (χ4v) is 3.57. The van der Waals surface area contributed by atoms with E-state index in [-0.39, 0.29) is 17.4 Å². The molecule has 1 saturated heterocycles. The maximum absolute atomic E-state index is 12.5. The van der Waals surface area contributed by atoms with Crippen molar-refractivity contribution in [3.8, 4) is 0 Å². The highest BCUT2D eigenvalue weighted by Gasteiger charge is 2.37. The molecule has 1 heterocycles. The Bertz CT molecular complexity index is 324. The molecule has 3 atom stereocenters. The van der Waals surface area contributed by atoms with Crippen molar-refractivity contribution in [3.05, 3.63) is 0 Å². The molecular weight excluding hydrogens is 252 g/mol. The maximum atomic E-state index is 12.5. The van der Waals surface area contributed by atoms with Gasteiger partial charge in [-0.05, 0) is 57.0 Å². The molecule has 1 aliphatic carbocycles. The van der Waals surface area contributed by atoms with E-state index in [4.69, 9.17) is 0 Å². The third-order valence-electron chi connectivity index (χ3n) is 5.21. The average Bonchev–Trinajstić information content (AvgIpc) is 2.45. The van der Waals surface area contributed by atoms with Crippen molar-refractivity contribution >= 4 is 5.91 Å². The zero-order valence-corrected chi connectivity index (χ0v) is 13.0. The van der Waals surface area contributed by atoms with E-state index in [1.54, 1.807) is 0 Å². The lowest BCUT2D eigenvalue weighted by Crippen LogP contribution is -2.48. The van der Waals surface area contributed by atoms with E-state index in [0.717, 1.165) is 58.2 Å². The van der Waals surface area contributed by atoms with Crippen molar-refractivity contribution in [1.82, 2.24) is 10.6 Å².